The van der Waals surface area contributed by atoms with Gasteiger partial charge in [0, 0.05) is 6.07 Å². The van der Waals surface area contributed by atoms with Crippen LogP contribution in [0.5, 0.6) is 5.75 Å². The van der Waals surface area contributed by atoms with Gasteiger partial charge in [-0.1, -0.05) is 12.8 Å². The number of benzene rings is 1. The van der Waals surface area contributed by atoms with E-state index in [1.165, 1.54) is 19.2 Å². The molecule has 6 nitrogen and oxygen atoms in total. The van der Waals surface area contributed by atoms with E-state index in [4.69, 9.17) is 4.74 Å². The summed E-state index contributed by atoms with van der Waals surface area (Å²) in [4.78, 5) is 21.9. The van der Waals surface area contributed by atoms with Gasteiger partial charge in [-0.3, -0.25) is 14.9 Å². The maximum atomic E-state index is 11.5. The molecule has 1 N–H and O–H groups in total. The number of nitro groups is 1. The number of hydrogen-bond donors (Lipinski definition) is 1. The van der Waals surface area contributed by atoms with Gasteiger partial charge in [0.25, 0.3) is 5.69 Å². The summed E-state index contributed by atoms with van der Waals surface area (Å²) in [6.07, 6.45) is 4.27. The van der Waals surface area contributed by atoms with Crippen LogP contribution in [0, 0.1) is 22.0 Å². The molecule has 1 saturated carbocycles. The molecule has 0 radical (unpaired) electrons. The Bertz CT molecular complexity index is 537. The highest BCUT2D eigenvalue weighted by atomic mass is 16.6. The normalized spacial score (nSPS) is 16.6. The molecule has 0 heterocycles. The Balaban J connectivity index is 2.25. The number of carbonyl (C=O) groups is 1. The van der Waals surface area contributed by atoms with Crippen molar-refractivity contribution in [2.45, 2.75) is 32.1 Å². The second-order valence-corrected chi connectivity index (χ2v) is 5.49. The van der Waals surface area contributed by atoms with E-state index in [2.05, 4.69) is 0 Å². The van der Waals surface area contributed by atoms with Gasteiger partial charge < -0.3 is 9.84 Å². The molecule has 21 heavy (non-hydrogen) atoms. The van der Waals surface area contributed by atoms with Crippen molar-refractivity contribution in [2.75, 3.05) is 7.11 Å². The van der Waals surface area contributed by atoms with Gasteiger partial charge in [-0.25, -0.2) is 0 Å². The number of carboxylic acids is 1. The molecule has 114 valence electrons. The average molecular weight is 293 g/mol. The lowest BCUT2D eigenvalue weighted by Crippen LogP contribution is -2.24. The maximum absolute atomic E-state index is 11.5. The molecule has 0 aromatic heterocycles. The van der Waals surface area contributed by atoms with Crippen LogP contribution in [-0.2, 0) is 11.2 Å². The van der Waals surface area contributed by atoms with E-state index in [-0.39, 0.29) is 11.6 Å². The van der Waals surface area contributed by atoms with Gasteiger partial charge in [0.1, 0.15) is 5.75 Å². The summed E-state index contributed by atoms with van der Waals surface area (Å²) in [5.41, 5.74) is 0.570. The third-order valence-corrected chi connectivity index (χ3v) is 4.14. The number of nitrogens with zero attached hydrogens (tertiary/aromatic N) is 1. The lowest BCUT2D eigenvalue weighted by atomic mass is 9.85. The van der Waals surface area contributed by atoms with Crippen molar-refractivity contribution in [3.8, 4) is 5.75 Å². The topological polar surface area (TPSA) is 89.7 Å². The molecular formula is C15H19NO5. The highest BCUT2D eigenvalue weighted by Crippen LogP contribution is 2.34. The monoisotopic (exact) mass is 293 g/mol. The molecule has 0 saturated heterocycles. The molecule has 0 bridgehead atoms. The quantitative estimate of drug-likeness (QED) is 0.643. The zero-order valence-electron chi connectivity index (χ0n) is 11.9. The SMILES string of the molecule is COc1cc(CC(C(=O)O)C2CCCC2)cc([N+](=O)[O-])c1. The number of carboxylic acid groups (broad SMARTS) is 1. The number of hydrogen-bond acceptors (Lipinski definition) is 4. The Hall–Kier alpha value is -2.11. The molecule has 0 aliphatic heterocycles. The van der Waals surface area contributed by atoms with Crippen molar-refractivity contribution in [3.63, 3.8) is 0 Å². The Morgan fingerprint density at radius 1 is 1.43 bits per heavy atom. The molecule has 1 aliphatic carbocycles. The van der Waals surface area contributed by atoms with Gasteiger partial charge in [-0.05, 0) is 36.8 Å². The molecule has 1 aliphatic rings. The minimum absolute atomic E-state index is 0.0695. The van der Waals surface area contributed by atoms with Crippen LogP contribution < -0.4 is 4.74 Å². The van der Waals surface area contributed by atoms with Gasteiger partial charge in [-0.2, -0.15) is 0 Å². The van der Waals surface area contributed by atoms with Crippen LogP contribution in [-0.4, -0.2) is 23.1 Å². The van der Waals surface area contributed by atoms with Crippen LogP contribution in [0.2, 0.25) is 0 Å². The third-order valence-electron chi connectivity index (χ3n) is 4.14. The first-order valence-corrected chi connectivity index (χ1v) is 7.06. The lowest BCUT2D eigenvalue weighted by Gasteiger charge is -2.19. The first-order chi connectivity index (χ1) is 10.0. The summed E-state index contributed by atoms with van der Waals surface area (Å²) in [5.74, 6) is -0.769. The summed E-state index contributed by atoms with van der Waals surface area (Å²) in [6, 6.07) is 4.46. The summed E-state index contributed by atoms with van der Waals surface area (Å²) in [6.45, 7) is 0. The Labute approximate surface area is 122 Å². The average Bonchev–Trinajstić information content (AvgIpc) is 2.97. The van der Waals surface area contributed by atoms with E-state index in [9.17, 15) is 20.0 Å². The van der Waals surface area contributed by atoms with E-state index in [1.807, 2.05) is 0 Å². The van der Waals surface area contributed by atoms with E-state index in [0.717, 1.165) is 25.7 Å². The van der Waals surface area contributed by atoms with Crippen LogP contribution in [0.25, 0.3) is 0 Å². The number of aliphatic carboxylic acids is 1. The van der Waals surface area contributed by atoms with Gasteiger partial charge in [0.2, 0.25) is 0 Å². The molecule has 1 fully saturated rings. The number of non-ortho nitro benzene ring substituents is 1. The molecule has 6 heteroatoms. The minimum Gasteiger partial charge on any atom is -0.496 e. The fraction of sp³-hybridized carbons (Fsp3) is 0.533. The van der Waals surface area contributed by atoms with Crippen LogP contribution in [0.15, 0.2) is 18.2 Å². The predicted molar refractivity (Wildman–Crippen MR) is 76.4 cm³/mol. The van der Waals surface area contributed by atoms with E-state index in [1.54, 1.807) is 6.07 Å². The van der Waals surface area contributed by atoms with Gasteiger partial charge in [0.15, 0.2) is 0 Å². The first kappa shape index (κ1) is 15.3. The molecule has 1 aromatic carbocycles. The van der Waals surface area contributed by atoms with Crippen LogP contribution in [0.1, 0.15) is 31.2 Å². The summed E-state index contributed by atoms with van der Waals surface area (Å²) < 4.78 is 5.06. The van der Waals surface area contributed by atoms with E-state index >= 15 is 0 Å². The molecule has 0 amide bonds. The van der Waals surface area contributed by atoms with Crippen molar-refractivity contribution >= 4 is 11.7 Å². The van der Waals surface area contributed by atoms with Crippen LogP contribution in [0.3, 0.4) is 0 Å². The number of ether oxygens (including phenoxy) is 1. The van der Waals surface area contributed by atoms with Crippen LogP contribution in [0.4, 0.5) is 5.69 Å². The predicted octanol–water partition coefficient (Wildman–Crippen LogP) is 3.04. The Morgan fingerprint density at radius 3 is 2.62 bits per heavy atom. The van der Waals surface area contributed by atoms with E-state index < -0.39 is 16.8 Å². The zero-order chi connectivity index (χ0) is 15.4. The summed E-state index contributed by atoms with van der Waals surface area (Å²) in [7, 11) is 1.44. The van der Waals surface area contributed by atoms with Crippen molar-refractivity contribution in [3.05, 3.63) is 33.9 Å². The smallest absolute Gasteiger partial charge is 0.307 e. The number of methoxy groups -OCH3 is 1. The lowest BCUT2D eigenvalue weighted by molar-refractivity contribution is -0.385. The van der Waals surface area contributed by atoms with Crippen molar-refractivity contribution in [1.29, 1.82) is 0 Å². The standard InChI is InChI=1S/C15H19NO5/c1-21-13-7-10(6-12(9-13)16(19)20)8-14(15(17)18)11-4-2-3-5-11/h6-7,9,11,14H,2-5,8H2,1H3,(H,17,18). The second-order valence-electron chi connectivity index (χ2n) is 5.49. The molecule has 1 atom stereocenters. The number of nitro benzene ring substituents is 1. The van der Waals surface area contributed by atoms with Crippen molar-refractivity contribution in [2.24, 2.45) is 11.8 Å². The third kappa shape index (κ3) is 3.71. The fourth-order valence-corrected chi connectivity index (χ4v) is 3.05. The molecule has 1 aromatic rings. The molecule has 2 rings (SSSR count). The minimum atomic E-state index is -0.827. The maximum Gasteiger partial charge on any atom is 0.307 e. The summed E-state index contributed by atoms with van der Waals surface area (Å²) >= 11 is 0. The van der Waals surface area contributed by atoms with Crippen LogP contribution >= 0.6 is 0 Å². The van der Waals surface area contributed by atoms with Crippen molar-refractivity contribution in [1.82, 2.24) is 0 Å². The highest BCUT2D eigenvalue weighted by molar-refractivity contribution is 5.71. The van der Waals surface area contributed by atoms with E-state index in [0.29, 0.717) is 17.7 Å². The Kier molecular flexibility index (Phi) is 4.77. The molecule has 1 unspecified atom stereocenters. The molecule has 0 spiro atoms. The van der Waals surface area contributed by atoms with Gasteiger partial charge in [0.05, 0.1) is 24.0 Å². The Morgan fingerprint density at radius 2 is 2.10 bits per heavy atom. The largest absolute Gasteiger partial charge is 0.496 e. The zero-order valence-corrected chi connectivity index (χ0v) is 11.9. The van der Waals surface area contributed by atoms with Gasteiger partial charge >= 0.3 is 5.97 Å². The second kappa shape index (κ2) is 6.56. The molecular weight excluding hydrogens is 274 g/mol. The highest BCUT2D eigenvalue weighted by Gasteiger charge is 2.31. The first-order valence-electron chi connectivity index (χ1n) is 7.06. The van der Waals surface area contributed by atoms with Gasteiger partial charge in [-0.15, -0.1) is 0 Å². The van der Waals surface area contributed by atoms with Crippen molar-refractivity contribution < 1.29 is 19.6 Å². The summed E-state index contributed by atoms with van der Waals surface area (Å²) in [5, 5.41) is 20.4. The fourth-order valence-electron chi connectivity index (χ4n) is 3.05. The number of rotatable bonds is 6.